The van der Waals surface area contributed by atoms with E-state index in [-0.39, 0.29) is 11.1 Å². The van der Waals surface area contributed by atoms with Crippen molar-refractivity contribution in [3.05, 3.63) is 29.3 Å². The predicted molar refractivity (Wildman–Crippen MR) is 60.4 cm³/mol. The van der Waals surface area contributed by atoms with Gasteiger partial charge in [-0.15, -0.1) is 0 Å². The van der Waals surface area contributed by atoms with Gasteiger partial charge in [0.2, 0.25) is 0 Å². The first kappa shape index (κ1) is 11.8. The van der Waals surface area contributed by atoms with Gasteiger partial charge in [0.05, 0.1) is 5.69 Å². The average Bonchev–Trinajstić information content (AvgIpc) is 3.01. The van der Waals surface area contributed by atoms with Gasteiger partial charge in [0.1, 0.15) is 11.4 Å². The Kier molecular flexibility index (Phi) is 2.77. The molecular formula is C12H14F2N2O. The van der Waals surface area contributed by atoms with E-state index in [0.717, 1.165) is 25.0 Å². The summed E-state index contributed by atoms with van der Waals surface area (Å²) in [7, 11) is 0. The highest BCUT2D eigenvalue weighted by molar-refractivity contribution is 5.95. The van der Waals surface area contributed by atoms with Crippen molar-refractivity contribution in [1.29, 1.82) is 0 Å². The zero-order chi connectivity index (χ0) is 12.6. The summed E-state index contributed by atoms with van der Waals surface area (Å²) in [6.45, 7) is 2.44. The van der Waals surface area contributed by atoms with Crippen LogP contribution in [0.3, 0.4) is 0 Å². The summed E-state index contributed by atoms with van der Waals surface area (Å²) >= 11 is 0. The van der Waals surface area contributed by atoms with Crippen molar-refractivity contribution in [3.63, 3.8) is 0 Å². The van der Waals surface area contributed by atoms with Crippen molar-refractivity contribution in [1.82, 2.24) is 5.32 Å². The van der Waals surface area contributed by atoms with E-state index in [1.165, 1.54) is 0 Å². The number of rotatable bonds is 3. The summed E-state index contributed by atoms with van der Waals surface area (Å²) in [6.07, 6.45) is 2.05. The minimum atomic E-state index is -0.997. The van der Waals surface area contributed by atoms with Gasteiger partial charge in [0.25, 0.3) is 5.91 Å². The standard InChI is InChI=1S/C12H14F2N2O/c1-12(4-5-12)6-16-11(17)9-7(13)2-3-8(15)10(9)14/h2-3H,4-6,15H2,1H3,(H,16,17). The molecule has 0 spiro atoms. The van der Waals surface area contributed by atoms with E-state index >= 15 is 0 Å². The molecule has 0 aromatic heterocycles. The number of nitrogens with two attached hydrogens (primary N) is 1. The molecule has 92 valence electrons. The van der Waals surface area contributed by atoms with Crippen LogP contribution in [0.15, 0.2) is 12.1 Å². The first-order chi connectivity index (χ1) is 7.93. The summed E-state index contributed by atoms with van der Waals surface area (Å²) < 4.78 is 26.9. The van der Waals surface area contributed by atoms with Crippen LogP contribution in [-0.4, -0.2) is 12.5 Å². The van der Waals surface area contributed by atoms with E-state index in [0.29, 0.717) is 6.54 Å². The molecule has 3 N–H and O–H groups in total. The van der Waals surface area contributed by atoms with Gasteiger partial charge in [-0.1, -0.05) is 6.92 Å². The molecule has 2 rings (SSSR count). The lowest BCUT2D eigenvalue weighted by Crippen LogP contribution is -2.30. The molecule has 5 heteroatoms. The molecule has 0 radical (unpaired) electrons. The molecule has 3 nitrogen and oxygen atoms in total. The SMILES string of the molecule is CC1(CNC(=O)c2c(F)ccc(N)c2F)CC1. The minimum absolute atomic E-state index is 0.0862. The van der Waals surface area contributed by atoms with E-state index < -0.39 is 23.1 Å². The van der Waals surface area contributed by atoms with Gasteiger partial charge in [-0.05, 0) is 30.4 Å². The molecule has 1 aliphatic rings. The van der Waals surface area contributed by atoms with Crippen LogP contribution in [0.5, 0.6) is 0 Å². The Morgan fingerprint density at radius 3 is 2.71 bits per heavy atom. The summed E-state index contributed by atoms with van der Waals surface area (Å²) in [5.74, 6) is -2.64. The Balaban J connectivity index is 2.15. The topological polar surface area (TPSA) is 55.1 Å². The molecular weight excluding hydrogens is 226 g/mol. The van der Waals surface area contributed by atoms with Gasteiger partial charge in [-0.25, -0.2) is 8.78 Å². The molecule has 0 atom stereocenters. The fraction of sp³-hybridized carbons (Fsp3) is 0.417. The fourth-order valence-corrected chi connectivity index (χ4v) is 1.55. The summed E-state index contributed by atoms with van der Waals surface area (Å²) in [4.78, 5) is 11.7. The highest BCUT2D eigenvalue weighted by Gasteiger charge is 2.37. The Bertz CT molecular complexity index is 470. The molecule has 0 unspecified atom stereocenters. The van der Waals surface area contributed by atoms with Gasteiger partial charge in [0.15, 0.2) is 5.82 Å². The number of anilines is 1. The number of benzene rings is 1. The summed E-state index contributed by atoms with van der Waals surface area (Å²) in [6, 6.07) is 2.09. The van der Waals surface area contributed by atoms with Gasteiger partial charge in [-0.2, -0.15) is 0 Å². The van der Waals surface area contributed by atoms with E-state index in [9.17, 15) is 13.6 Å². The lowest BCUT2D eigenvalue weighted by Gasteiger charge is -2.11. The van der Waals surface area contributed by atoms with Gasteiger partial charge < -0.3 is 11.1 Å². The van der Waals surface area contributed by atoms with Crippen LogP contribution in [0.4, 0.5) is 14.5 Å². The fourth-order valence-electron chi connectivity index (χ4n) is 1.55. The number of hydrogen-bond donors (Lipinski definition) is 2. The Morgan fingerprint density at radius 1 is 1.47 bits per heavy atom. The molecule has 17 heavy (non-hydrogen) atoms. The maximum absolute atomic E-state index is 13.5. The number of halogens is 2. The monoisotopic (exact) mass is 240 g/mol. The van der Waals surface area contributed by atoms with Crippen molar-refractivity contribution in [2.24, 2.45) is 5.41 Å². The van der Waals surface area contributed by atoms with Gasteiger partial charge in [0, 0.05) is 6.54 Å². The second kappa shape index (κ2) is 3.98. The number of amides is 1. The molecule has 0 heterocycles. The first-order valence-corrected chi connectivity index (χ1v) is 5.45. The van der Waals surface area contributed by atoms with Gasteiger partial charge >= 0.3 is 0 Å². The highest BCUT2D eigenvalue weighted by atomic mass is 19.1. The zero-order valence-corrected chi connectivity index (χ0v) is 9.52. The summed E-state index contributed by atoms with van der Waals surface area (Å²) in [5, 5.41) is 2.54. The quantitative estimate of drug-likeness (QED) is 0.795. The number of nitrogens with one attached hydrogen (secondary N) is 1. The molecule has 1 aliphatic carbocycles. The van der Waals surface area contributed by atoms with E-state index in [2.05, 4.69) is 5.32 Å². The van der Waals surface area contributed by atoms with Crippen LogP contribution < -0.4 is 11.1 Å². The van der Waals surface area contributed by atoms with E-state index in [4.69, 9.17) is 5.73 Å². The predicted octanol–water partition coefficient (Wildman–Crippen LogP) is 2.08. The van der Waals surface area contributed by atoms with Crippen molar-refractivity contribution < 1.29 is 13.6 Å². The molecule has 0 saturated heterocycles. The Labute approximate surface area is 98.0 Å². The van der Waals surface area contributed by atoms with Crippen LogP contribution in [0, 0.1) is 17.0 Å². The Hall–Kier alpha value is -1.65. The second-order valence-electron chi connectivity index (χ2n) is 4.82. The van der Waals surface area contributed by atoms with Crippen LogP contribution >= 0.6 is 0 Å². The molecule has 1 aromatic rings. The average molecular weight is 240 g/mol. The van der Waals surface area contributed by atoms with Crippen molar-refractivity contribution >= 4 is 11.6 Å². The maximum atomic E-state index is 13.5. The zero-order valence-electron chi connectivity index (χ0n) is 9.52. The van der Waals surface area contributed by atoms with Gasteiger partial charge in [-0.3, -0.25) is 4.79 Å². The van der Waals surface area contributed by atoms with Crippen molar-refractivity contribution in [2.75, 3.05) is 12.3 Å². The normalized spacial score (nSPS) is 16.6. The summed E-state index contributed by atoms with van der Waals surface area (Å²) in [5.41, 5.74) is 4.56. The first-order valence-electron chi connectivity index (χ1n) is 5.45. The largest absolute Gasteiger partial charge is 0.396 e. The van der Waals surface area contributed by atoms with Crippen LogP contribution in [0.2, 0.25) is 0 Å². The molecule has 1 saturated carbocycles. The highest BCUT2D eigenvalue weighted by Crippen LogP contribution is 2.44. The van der Waals surface area contributed by atoms with Crippen LogP contribution in [-0.2, 0) is 0 Å². The minimum Gasteiger partial charge on any atom is -0.396 e. The molecule has 0 aliphatic heterocycles. The Morgan fingerprint density at radius 2 is 2.12 bits per heavy atom. The lowest BCUT2D eigenvalue weighted by atomic mass is 10.1. The maximum Gasteiger partial charge on any atom is 0.257 e. The van der Waals surface area contributed by atoms with Crippen LogP contribution in [0.1, 0.15) is 30.1 Å². The third-order valence-electron chi connectivity index (χ3n) is 3.13. The number of carbonyl (C=O) groups is 1. The molecule has 1 aromatic carbocycles. The molecule has 0 bridgehead atoms. The van der Waals surface area contributed by atoms with E-state index in [1.807, 2.05) is 6.92 Å². The third kappa shape index (κ3) is 2.38. The number of nitrogen functional groups attached to an aromatic ring is 1. The van der Waals surface area contributed by atoms with E-state index in [1.54, 1.807) is 0 Å². The third-order valence-corrected chi connectivity index (χ3v) is 3.13. The van der Waals surface area contributed by atoms with Crippen molar-refractivity contribution in [3.8, 4) is 0 Å². The number of hydrogen-bond acceptors (Lipinski definition) is 2. The molecule has 1 fully saturated rings. The second-order valence-corrected chi connectivity index (χ2v) is 4.82. The smallest absolute Gasteiger partial charge is 0.257 e. The van der Waals surface area contributed by atoms with Crippen molar-refractivity contribution in [2.45, 2.75) is 19.8 Å². The molecule has 1 amide bonds. The number of carbonyl (C=O) groups excluding carboxylic acids is 1. The van der Waals surface area contributed by atoms with Crippen LogP contribution in [0.25, 0.3) is 0 Å². The lowest BCUT2D eigenvalue weighted by molar-refractivity contribution is 0.0938.